The van der Waals surface area contributed by atoms with Crippen molar-refractivity contribution < 1.29 is 23.1 Å². The summed E-state index contributed by atoms with van der Waals surface area (Å²) < 4.78 is 45.2. The Morgan fingerprint density at radius 1 is 1.21 bits per heavy atom. The highest BCUT2D eigenvalue weighted by Gasteiger charge is 2.63. The van der Waals surface area contributed by atoms with E-state index in [2.05, 4.69) is 15.4 Å². The fourth-order valence-electron chi connectivity index (χ4n) is 3.91. The average Bonchev–Trinajstić information content (AvgIpc) is 3.45. The zero-order valence-electron chi connectivity index (χ0n) is 16.7. The molecule has 2 N–H and O–H groups in total. The number of carbonyl (C=O) groups is 1. The van der Waals surface area contributed by atoms with Crippen LogP contribution in [0.25, 0.3) is 11.4 Å². The Hall–Kier alpha value is -3.26. The minimum Gasteiger partial charge on any atom is -0.478 e. The predicted molar refractivity (Wildman–Crippen MR) is 118 cm³/mol. The molecule has 3 aromatic rings. The van der Waals surface area contributed by atoms with Gasteiger partial charge < -0.3 is 10.4 Å². The average molecular weight is 529 g/mol. The lowest BCUT2D eigenvalue weighted by Crippen LogP contribution is -2.48. The summed E-state index contributed by atoms with van der Waals surface area (Å²) in [7, 11) is 0. The first-order valence-electron chi connectivity index (χ1n) is 9.34. The number of nitrogens with one attached hydrogen (secondary N) is 1. The molecular weight excluding hydrogens is 518 g/mol. The maximum Gasteiger partial charge on any atom is 0.404 e. The molecule has 2 aromatic carbocycles. The molecule has 0 aliphatic carbocycles. The van der Waals surface area contributed by atoms with Gasteiger partial charge in [0.1, 0.15) is 24.1 Å². The van der Waals surface area contributed by atoms with E-state index in [1.54, 1.807) is 0 Å². The number of hydrogen-bond acceptors (Lipinski definition) is 5. The molecule has 0 amide bonds. The van der Waals surface area contributed by atoms with Gasteiger partial charge in [0.2, 0.25) is 0 Å². The fraction of sp³-hybridized carbons (Fsp3) is 0.143. The van der Waals surface area contributed by atoms with Crippen LogP contribution < -0.4 is 5.32 Å². The van der Waals surface area contributed by atoms with Crippen LogP contribution in [-0.4, -0.2) is 38.6 Å². The van der Waals surface area contributed by atoms with E-state index in [1.165, 1.54) is 35.5 Å². The number of carboxylic acids is 1. The summed E-state index contributed by atoms with van der Waals surface area (Å²) in [5, 5.41) is 25.4. The van der Waals surface area contributed by atoms with E-state index in [0.29, 0.717) is 5.69 Å². The van der Waals surface area contributed by atoms with Gasteiger partial charge >= 0.3 is 12.1 Å². The summed E-state index contributed by atoms with van der Waals surface area (Å²) in [4.78, 5) is 16.1. The standard InChI is InChI=1S/C21H11Cl3F3N5O2/c22-13-4-12(5-14(23)17(13)24)20(21(25,26)27)7-30-18(16(20)19(33)34)10-1-2-15(11(3-10)6-28)32-9-29-8-31-32/h1-5,8-9,30H,7H2,(H,33,34). The van der Waals surface area contributed by atoms with Crippen molar-refractivity contribution in [3.05, 3.63) is 80.3 Å². The SMILES string of the molecule is N#Cc1cc(C2=C(C(=O)O)C(c3cc(Cl)c(Cl)c(Cl)c3)(C(F)(F)F)CN2)ccc1-n1cncn1. The summed E-state index contributed by atoms with van der Waals surface area (Å²) in [6, 6.07) is 7.93. The number of nitriles is 1. The highest BCUT2D eigenvalue weighted by Crippen LogP contribution is 2.52. The van der Waals surface area contributed by atoms with Gasteiger partial charge in [0.15, 0.2) is 0 Å². The molecule has 1 aromatic heterocycles. The lowest BCUT2D eigenvalue weighted by molar-refractivity contribution is -0.179. The van der Waals surface area contributed by atoms with Crippen molar-refractivity contribution in [1.29, 1.82) is 5.26 Å². The molecule has 1 atom stereocenters. The van der Waals surface area contributed by atoms with E-state index in [9.17, 15) is 28.3 Å². The number of aliphatic carboxylic acids is 1. The van der Waals surface area contributed by atoms with Crippen molar-refractivity contribution in [3.8, 4) is 11.8 Å². The molecule has 0 saturated carbocycles. The monoisotopic (exact) mass is 527 g/mol. The molecule has 0 bridgehead atoms. The maximum atomic E-state index is 14.6. The molecule has 174 valence electrons. The molecule has 13 heteroatoms. The number of rotatable bonds is 4. The molecule has 1 aliphatic rings. The second-order valence-electron chi connectivity index (χ2n) is 7.25. The summed E-state index contributed by atoms with van der Waals surface area (Å²) >= 11 is 17.9. The van der Waals surface area contributed by atoms with E-state index < -0.39 is 35.2 Å². The van der Waals surface area contributed by atoms with Crippen molar-refractivity contribution in [2.75, 3.05) is 6.54 Å². The predicted octanol–water partition coefficient (Wildman–Crippen LogP) is 5.00. The Morgan fingerprint density at radius 3 is 2.41 bits per heavy atom. The first-order chi connectivity index (χ1) is 16.0. The third-order valence-electron chi connectivity index (χ3n) is 5.45. The minimum atomic E-state index is -5.06. The van der Waals surface area contributed by atoms with Crippen molar-refractivity contribution in [2.45, 2.75) is 11.6 Å². The van der Waals surface area contributed by atoms with Gasteiger partial charge in [-0.3, -0.25) is 0 Å². The van der Waals surface area contributed by atoms with E-state index >= 15 is 0 Å². The van der Waals surface area contributed by atoms with Crippen LogP contribution in [0, 0.1) is 11.3 Å². The fourth-order valence-corrected chi connectivity index (χ4v) is 4.51. The van der Waals surface area contributed by atoms with Crippen LogP contribution in [-0.2, 0) is 10.2 Å². The smallest absolute Gasteiger partial charge is 0.404 e. The zero-order chi connectivity index (χ0) is 24.8. The van der Waals surface area contributed by atoms with Crippen LogP contribution in [0.5, 0.6) is 0 Å². The Morgan fingerprint density at radius 2 is 1.88 bits per heavy atom. The van der Waals surface area contributed by atoms with Gasteiger partial charge in [0.25, 0.3) is 0 Å². The summed E-state index contributed by atoms with van der Waals surface area (Å²) in [5.74, 6) is -1.81. The molecule has 0 radical (unpaired) electrons. The van der Waals surface area contributed by atoms with E-state index in [0.717, 1.165) is 12.1 Å². The second-order valence-corrected chi connectivity index (χ2v) is 8.44. The van der Waals surface area contributed by atoms with Crippen molar-refractivity contribution in [1.82, 2.24) is 20.1 Å². The third kappa shape index (κ3) is 3.66. The first kappa shape index (κ1) is 23.9. The Kier molecular flexibility index (Phi) is 5.97. The Bertz CT molecular complexity index is 1360. The number of alkyl halides is 3. The second kappa shape index (κ2) is 8.51. The van der Waals surface area contributed by atoms with Gasteiger partial charge in [0, 0.05) is 6.54 Å². The summed E-state index contributed by atoms with van der Waals surface area (Å²) in [5.41, 5.74) is -4.32. The molecule has 0 spiro atoms. The molecule has 1 unspecified atom stereocenters. The first-order valence-corrected chi connectivity index (χ1v) is 10.5. The molecular formula is C21H11Cl3F3N5O2. The van der Waals surface area contributed by atoms with Gasteiger partial charge in [-0.1, -0.05) is 40.9 Å². The van der Waals surface area contributed by atoms with Gasteiger partial charge in [-0.15, -0.1) is 0 Å². The van der Waals surface area contributed by atoms with Crippen molar-refractivity contribution in [2.24, 2.45) is 0 Å². The molecule has 0 fully saturated rings. The van der Waals surface area contributed by atoms with E-state index in [4.69, 9.17) is 34.8 Å². The van der Waals surface area contributed by atoms with E-state index in [1.807, 2.05) is 6.07 Å². The Balaban J connectivity index is 1.98. The van der Waals surface area contributed by atoms with Crippen LogP contribution in [0.2, 0.25) is 15.1 Å². The normalized spacial score (nSPS) is 18.0. The van der Waals surface area contributed by atoms with Crippen molar-refractivity contribution in [3.63, 3.8) is 0 Å². The van der Waals surface area contributed by atoms with Gasteiger partial charge in [-0.2, -0.15) is 23.5 Å². The lowest BCUT2D eigenvalue weighted by atomic mass is 9.74. The number of carboxylic acid groups (broad SMARTS) is 1. The molecule has 2 heterocycles. The van der Waals surface area contributed by atoms with Crippen molar-refractivity contribution >= 4 is 46.5 Å². The number of aromatic nitrogens is 3. The molecule has 7 nitrogen and oxygen atoms in total. The maximum absolute atomic E-state index is 14.6. The topological polar surface area (TPSA) is 104 Å². The van der Waals surface area contributed by atoms with Crippen LogP contribution in [0.3, 0.4) is 0 Å². The highest BCUT2D eigenvalue weighted by molar-refractivity contribution is 6.48. The molecule has 4 rings (SSSR count). The number of benzene rings is 2. The minimum absolute atomic E-state index is 0.0455. The van der Waals surface area contributed by atoms with Crippen LogP contribution in [0.4, 0.5) is 13.2 Å². The number of halogens is 6. The number of nitrogens with zero attached hydrogens (tertiary/aromatic N) is 4. The zero-order valence-corrected chi connectivity index (χ0v) is 18.9. The highest BCUT2D eigenvalue weighted by atomic mass is 35.5. The van der Waals surface area contributed by atoms with E-state index in [-0.39, 0.29) is 31.9 Å². The van der Waals surface area contributed by atoms with Crippen LogP contribution >= 0.6 is 34.8 Å². The van der Waals surface area contributed by atoms with Crippen LogP contribution in [0.15, 0.2) is 48.6 Å². The molecule has 34 heavy (non-hydrogen) atoms. The Labute approximate surface area is 205 Å². The van der Waals surface area contributed by atoms with Gasteiger partial charge in [-0.25, -0.2) is 14.5 Å². The number of hydrogen-bond donors (Lipinski definition) is 2. The van der Waals surface area contributed by atoms with Gasteiger partial charge in [0.05, 0.1) is 37.6 Å². The summed E-state index contributed by atoms with van der Waals surface area (Å²) in [6.45, 7) is -0.839. The quantitative estimate of drug-likeness (QED) is 0.462. The van der Waals surface area contributed by atoms with Gasteiger partial charge in [-0.05, 0) is 35.4 Å². The van der Waals surface area contributed by atoms with Crippen LogP contribution in [0.1, 0.15) is 16.7 Å². The third-order valence-corrected chi connectivity index (χ3v) is 6.65. The summed E-state index contributed by atoms with van der Waals surface area (Å²) in [6.07, 6.45) is -2.47. The molecule has 1 aliphatic heterocycles. The molecule has 0 saturated heterocycles. The largest absolute Gasteiger partial charge is 0.478 e. The lowest BCUT2D eigenvalue weighted by Gasteiger charge is -2.33.